The van der Waals surface area contributed by atoms with Crippen molar-refractivity contribution in [2.24, 2.45) is 11.8 Å². The Morgan fingerprint density at radius 3 is 2.55 bits per heavy atom. The van der Waals surface area contributed by atoms with Crippen LogP contribution in [-0.4, -0.2) is 40.7 Å². The first-order valence-electron chi connectivity index (χ1n) is 7.20. The molecule has 8 heteroatoms. The van der Waals surface area contributed by atoms with E-state index in [0.717, 1.165) is 25.7 Å². The Hall–Kier alpha value is -1.89. The van der Waals surface area contributed by atoms with E-state index in [0.29, 0.717) is 18.3 Å². The first kappa shape index (κ1) is 16.5. The summed E-state index contributed by atoms with van der Waals surface area (Å²) in [5.41, 5.74) is 0. The smallest absolute Gasteiger partial charge is 0.404 e. The first-order valence-corrected chi connectivity index (χ1v) is 7.57. The van der Waals surface area contributed by atoms with Crippen LogP contribution in [0.3, 0.4) is 0 Å². The summed E-state index contributed by atoms with van der Waals surface area (Å²) in [6.45, 7) is 0.447. The van der Waals surface area contributed by atoms with Crippen LogP contribution in [0, 0.1) is 11.8 Å². The fourth-order valence-electron chi connectivity index (χ4n) is 2.76. The summed E-state index contributed by atoms with van der Waals surface area (Å²) >= 11 is 5.96. The summed E-state index contributed by atoms with van der Waals surface area (Å²) in [6.07, 6.45) is 5.12. The van der Waals surface area contributed by atoms with E-state index in [2.05, 4.69) is 15.3 Å². The molecule has 22 heavy (non-hydrogen) atoms. The molecule has 0 saturated heterocycles. The van der Waals surface area contributed by atoms with Crippen molar-refractivity contribution in [1.29, 1.82) is 0 Å². The summed E-state index contributed by atoms with van der Waals surface area (Å²) in [5, 5.41) is 11.2. The maximum atomic E-state index is 12.5. The van der Waals surface area contributed by atoms with Crippen LogP contribution in [0.15, 0.2) is 12.4 Å². The largest absolute Gasteiger partial charge is 0.465 e. The zero-order valence-electron chi connectivity index (χ0n) is 12.3. The van der Waals surface area contributed by atoms with Crippen LogP contribution in [0.1, 0.15) is 25.7 Å². The van der Waals surface area contributed by atoms with Gasteiger partial charge in [-0.05, 0) is 31.6 Å². The van der Waals surface area contributed by atoms with Crippen LogP contribution in [0.25, 0.3) is 0 Å². The van der Waals surface area contributed by atoms with Gasteiger partial charge < -0.3 is 10.4 Å². The van der Waals surface area contributed by atoms with E-state index in [9.17, 15) is 9.59 Å². The molecule has 0 radical (unpaired) electrons. The SMILES string of the molecule is CN(c1nccnc1Cl)C(=O)[C@H]1CC[C@H](CNC(=O)O)CC1. The Kier molecular flexibility index (Phi) is 5.54. The summed E-state index contributed by atoms with van der Waals surface area (Å²) in [5.74, 6) is 0.561. The Morgan fingerprint density at radius 2 is 1.95 bits per heavy atom. The van der Waals surface area contributed by atoms with Gasteiger partial charge in [-0.3, -0.25) is 9.69 Å². The molecule has 1 heterocycles. The number of nitrogens with zero attached hydrogens (tertiary/aromatic N) is 3. The number of aromatic nitrogens is 2. The quantitative estimate of drug-likeness (QED) is 0.884. The van der Waals surface area contributed by atoms with Crippen LogP contribution in [0.5, 0.6) is 0 Å². The Morgan fingerprint density at radius 1 is 1.32 bits per heavy atom. The molecule has 120 valence electrons. The zero-order valence-corrected chi connectivity index (χ0v) is 13.1. The number of carboxylic acid groups (broad SMARTS) is 1. The normalized spacial score (nSPS) is 21.2. The van der Waals surface area contributed by atoms with Crippen molar-refractivity contribution < 1.29 is 14.7 Å². The molecule has 1 aromatic rings. The number of nitrogens with one attached hydrogen (secondary N) is 1. The van der Waals surface area contributed by atoms with Gasteiger partial charge in [0.05, 0.1) is 0 Å². The van der Waals surface area contributed by atoms with Gasteiger partial charge in [-0.25, -0.2) is 14.8 Å². The van der Waals surface area contributed by atoms with E-state index < -0.39 is 6.09 Å². The second kappa shape index (κ2) is 7.40. The minimum absolute atomic E-state index is 0.0213. The topological polar surface area (TPSA) is 95.4 Å². The van der Waals surface area contributed by atoms with Crippen molar-refractivity contribution in [3.8, 4) is 0 Å². The highest BCUT2D eigenvalue weighted by molar-refractivity contribution is 6.32. The van der Waals surface area contributed by atoms with Gasteiger partial charge in [0.25, 0.3) is 0 Å². The van der Waals surface area contributed by atoms with Crippen molar-refractivity contribution in [3.05, 3.63) is 17.5 Å². The predicted molar refractivity (Wildman–Crippen MR) is 81.9 cm³/mol. The predicted octanol–water partition coefficient (Wildman–Crippen LogP) is 2.17. The van der Waals surface area contributed by atoms with Gasteiger partial charge in [0.1, 0.15) is 0 Å². The molecule has 0 bridgehead atoms. The molecule has 2 N–H and O–H groups in total. The summed E-state index contributed by atoms with van der Waals surface area (Å²) < 4.78 is 0. The Bertz CT molecular complexity index is 547. The summed E-state index contributed by atoms with van der Waals surface area (Å²) in [4.78, 5) is 32.5. The van der Waals surface area contributed by atoms with Crippen molar-refractivity contribution in [1.82, 2.24) is 15.3 Å². The molecule has 1 aliphatic rings. The Balaban J connectivity index is 1.89. The molecule has 1 aliphatic carbocycles. The van der Waals surface area contributed by atoms with Crippen molar-refractivity contribution in [2.75, 3.05) is 18.5 Å². The standard InChI is InChI=1S/C14H19ClN4O3/c1-19(12-11(15)16-6-7-17-12)13(20)10-4-2-9(3-5-10)8-18-14(21)22/h6-7,9-10,18H,2-5,8H2,1H3,(H,21,22)/t9-,10-. The second-order valence-corrected chi connectivity index (χ2v) is 5.83. The lowest BCUT2D eigenvalue weighted by Gasteiger charge is -2.30. The van der Waals surface area contributed by atoms with Crippen LogP contribution in [0.4, 0.5) is 10.6 Å². The number of hydrogen-bond acceptors (Lipinski definition) is 4. The first-order chi connectivity index (χ1) is 10.5. The molecular formula is C14H19ClN4O3. The molecule has 0 aromatic carbocycles. The molecule has 0 aliphatic heterocycles. The van der Waals surface area contributed by atoms with Crippen LogP contribution >= 0.6 is 11.6 Å². The number of carbonyl (C=O) groups is 2. The van der Waals surface area contributed by atoms with Gasteiger partial charge in [-0.1, -0.05) is 11.6 Å². The maximum absolute atomic E-state index is 12.5. The highest BCUT2D eigenvalue weighted by Gasteiger charge is 2.30. The van der Waals surface area contributed by atoms with Crippen LogP contribution < -0.4 is 10.2 Å². The minimum Gasteiger partial charge on any atom is -0.465 e. The van der Waals surface area contributed by atoms with E-state index in [1.54, 1.807) is 7.05 Å². The molecule has 2 rings (SSSR count). The molecule has 1 saturated carbocycles. The minimum atomic E-state index is -1.00. The average molecular weight is 327 g/mol. The van der Waals surface area contributed by atoms with Crippen molar-refractivity contribution in [3.63, 3.8) is 0 Å². The molecule has 2 amide bonds. The second-order valence-electron chi connectivity index (χ2n) is 5.47. The van der Waals surface area contributed by atoms with Gasteiger partial charge in [-0.2, -0.15) is 0 Å². The molecule has 1 fully saturated rings. The van der Waals surface area contributed by atoms with E-state index in [1.165, 1.54) is 17.3 Å². The van der Waals surface area contributed by atoms with Gasteiger partial charge in [0.2, 0.25) is 5.91 Å². The molecule has 1 aromatic heterocycles. The number of amides is 2. The van der Waals surface area contributed by atoms with Crippen LogP contribution in [-0.2, 0) is 4.79 Å². The van der Waals surface area contributed by atoms with Gasteiger partial charge in [0, 0.05) is 31.9 Å². The van der Waals surface area contributed by atoms with Crippen molar-refractivity contribution in [2.45, 2.75) is 25.7 Å². The third kappa shape index (κ3) is 4.07. The Labute approximate surface area is 133 Å². The van der Waals surface area contributed by atoms with Crippen LogP contribution in [0.2, 0.25) is 5.15 Å². The van der Waals surface area contributed by atoms with Crippen molar-refractivity contribution >= 4 is 29.4 Å². The number of halogens is 1. The zero-order chi connectivity index (χ0) is 16.1. The lowest BCUT2D eigenvalue weighted by atomic mass is 9.81. The average Bonchev–Trinajstić information content (AvgIpc) is 2.52. The van der Waals surface area contributed by atoms with E-state index in [1.807, 2.05) is 0 Å². The van der Waals surface area contributed by atoms with Gasteiger partial charge >= 0.3 is 6.09 Å². The fraction of sp³-hybridized carbons (Fsp3) is 0.571. The molecular weight excluding hydrogens is 308 g/mol. The lowest BCUT2D eigenvalue weighted by molar-refractivity contribution is -0.123. The third-order valence-corrected chi connectivity index (χ3v) is 4.29. The molecule has 0 unspecified atom stereocenters. The van der Waals surface area contributed by atoms with Gasteiger partial charge in [-0.15, -0.1) is 0 Å². The van der Waals surface area contributed by atoms with E-state index in [4.69, 9.17) is 16.7 Å². The molecule has 0 atom stereocenters. The number of anilines is 1. The molecule has 7 nitrogen and oxygen atoms in total. The summed E-state index contributed by atoms with van der Waals surface area (Å²) in [6, 6.07) is 0. The highest BCUT2D eigenvalue weighted by Crippen LogP contribution is 2.31. The third-order valence-electron chi connectivity index (χ3n) is 4.02. The lowest BCUT2D eigenvalue weighted by Crippen LogP contribution is -2.37. The number of rotatable bonds is 4. The number of hydrogen-bond donors (Lipinski definition) is 2. The van der Waals surface area contributed by atoms with Gasteiger partial charge in [0.15, 0.2) is 11.0 Å². The van der Waals surface area contributed by atoms with E-state index in [-0.39, 0.29) is 17.0 Å². The highest BCUT2D eigenvalue weighted by atomic mass is 35.5. The summed E-state index contributed by atoms with van der Waals surface area (Å²) in [7, 11) is 1.65. The maximum Gasteiger partial charge on any atom is 0.404 e. The molecule has 0 spiro atoms. The fourth-order valence-corrected chi connectivity index (χ4v) is 2.99. The van der Waals surface area contributed by atoms with E-state index >= 15 is 0 Å². The number of carbonyl (C=O) groups excluding carboxylic acids is 1. The monoisotopic (exact) mass is 326 g/mol.